The number of benzene rings is 2. The van der Waals surface area contributed by atoms with Crippen molar-refractivity contribution >= 4 is 61.4 Å². The molecule has 0 aliphatic rings. The van der Waals surface area contributed by atoms with E-state index >= 15 is 0 Å². The maximum Gasteiger partial charge on any atom is 0.234 e. The average Bonchev–Trinajstić information content (AvgIpc) is 2.99. The SMILES string of the molecule is Cc1ccc(NC(=O)CSc2nnc3c(n2)[nH]c2ccc(F)cc23)c(Br)c1. The number of nitrogens with one attached hydrogen (secondary N) is 2. The fourth-order valence-electron chi connectivity index (χ4n) is 2.63. The van der Waals surface area contributed by atoms with Crippen LogP contribution in [-0.2, 0) is 4.79 Å². The van der Waals surface area contributed by atoms with E-state index in [0.29, 0.717) is 27.4 Å². The maximum absolute atomic E-state index is 13.4. The van der Waals surface area contributed by atoms with E-state index in [4.69, 9.17) is 0 Å². The summed E-state index contributed by atoms with van der Waals surface area (Å²) in [5, 5.41) is 12.0. The average molecular weight is 446 g/mol. The molecule has 27 heavy (non-hydrogen) atoms. The van der Waals surface area contributed by atoms with Crippen LogP contribution in [0, 0.1) is 12.7 Å². The number of amides is 1. The number of nitrogens with zero attached hydrogens (tertiary/aromatic N) is 3. The van der Waals surface area contributed by atoms with Crippen LogP contribution in [0.4, 0.5) is 10.1 Å². The molecule has 0 aliphatic carbocycles. The second kappa shape index (κ2) is 7.24. The molecule has 2 heterocycles. The number of aryl methyl sites for hydroxylation is 1. The Morgan fingerprint density at radius 1 is 1.26 bits per heavy atom. The van der Waals surface area contributed by atoms with Gasteiger partial charge in [0.25, 0.3) is 0 Å². The van der Waals surface area contributed by atoms with E-state index in [1.165, 1.54) is 23.9 Å². The van der Waals surface area contributed by atoms with Crippen molar-refractivity contribution in [2.24, 2.45) is 0 Å². The molecule has 2 aromatic carbocycles. The molecule has 6 nitrogen and oxygen atoms in total. The Hall–Kier alpha value is -2.52. The minimum Gasteiger partial charge on any atom is -0.338 e. The van der Waals surface area contributed by atoms with Crippen LogP contribution < -0.4 is 5.32 Å². The third-order valence-corrected chi connectivity index (χ3v) is 5.38. The first-order valence-corrected chi connectivity index (χ1v) is 9.78. The van der Waals surface area contributed by atoms with Crippen molar-refractivity contribution in [1.82, 2.24) is 20.2 Å². The van der Waals surface area contributed by atoms with Gasteiger partial charge in [-0.25, -0.2) is 9.37 Å². The predicted octanol–water partition coefficient (Wildman–Crippen LogP) is 4.45. The number of halogens is 2. The fourth-order valence-corrected chi connectivity index (χ4v) is 3.81. The fraction of sp³-hybridized carbons (Fsp3) is 0.111. The van der Waals surface area contributed by atoms with Crippen LogP contribution in [0.25, 0.3) is 22.1 Å². The van der Waals surface area contributed by atoms with Gasteiger partial charge in [-0.3, -0.25) is 4.79 Å². The van der Waals surface area contributed by atoms with E-state index in [9.17, 15) is 9.18 Å². The van der Waals surface area contributed by atoms with Crippen LogP contribution in [0.2, 0.25) is 0 Å². The summed E-state index contributed by atoms with van der Waals surface area (Å²) >= 11 is 4.61. The lowest BCUT2D eigenvalue weighted by molar-refractivity contribution is -0.113. The van der Waals surface area contributed by atoms with Gasteiger partial charge in [0.1, 0.15) is 11.3 Å². The summed E-state index contributed by atoms with van der Waals surface area (Å²) < 4.78 is 14.3. The molecule has 9 heteroatoms. The Bertz CT molecular complexity index is 1180. The highest BCUT2D eigenvalue weighted by Gasteiger charge is 2.12. The van der Waals surface area contributed by atoms with Gasteiger partial charge in [-0.15, -0.1) is 10.2 Å². The number of hydrogen-bond acceptors (Lipinski definition) is 5. The summed E-state index contributed by atoms with van der Waals surface area (Å²) in [7, 11) is 0. The maximum atomic E-state index is 13.4. The monoisotopic (exact) mass is 445 g/mol. The molecular formula is C18H13BrFN5OS. The number of carbonyl (C=O) groups is 1. The quantitative estimate of drug-likeness (QED) is 0.453. The molecule has 0 bridgehead atoms. The van der Waals surface area contributed by atoms with Crippen molar-refractivity contribution in [2.45, 2.75) is 12.1 Å². The Balaban J connectivity index is 1.48. The van der Waals surface area contributed by atoms with Crippen LogP contribution in [0.1, 0.15) is 5.56 Å². The minimum absolute atomic E-state index is 0.141. The third-order valence-electron chi connectivity index (χ3n) is 3.89. The normalized spacial score (nSPS) is 11.2. The van der Waals surface area contributed by atoms with E-state index in [2.05, 4.69) is 41.4 Å². The molecule has 0 radical (unpaired) electrons. The minimum atomic E-state index is -0.345. The van der Waals surface area contributed by atoms with Crippen molar-refractivity contribution in [3.05, 3.63) is 52.3 Å². The van der Waals surface area contributed by atoms with E-state index < -0.39 is 0 Å². The number of aromatic nitrogens is 4. The van der Waals surface area contributed by atoms with Crippen molar-refractivity contribution in [1.29, 1.82) is 0 Å². The zero-order valence-corrected chi connectivity index (χ0v) is 16.5. The van der Waals surface area contributed by atoms with Crippen molar-refractivity contribution in [3.63, 3.8) is 0 Å². The lowest BCUT2D eigenvalue weighted by Crippen LogP contribution is -2.14. The molecule has 0 saturated carbocycles. The molecule has 0 atom stereocenters. The molecular weight excluding hydrogens is 433 g/mol. The third kappa shape index (κ3) is 3.79. The van der Waals surface area contributed by atoms with E-state index in [-0.39, 0.29) is 17.5 Å². The lowest BCUT2D eigenvalue weighted by Gasteiger charge is -2.07. The van der Waals surface area contributed by atoms with Crippen molar-refractivity contribution < 1.29 is 9.18 Å². The summed E-state index contributed by atoms with van der Waals surface area (Å²) in [5.41, 5.74) is 3.55. The summed E-state index contributed by atoms with van der Waals surface area (Å²) in [6, 6.07) is 10.1. The van der Waals surface area contributed by atoms with Gasteiger partial charge in [0, 0.05) is 15.4 Å². The summed E-state index contributed by atoms with van der Waals surface area (Å²) in [4.78, 5) is 19.6. The van der Waals surface area contributed by atoms with Gasteiger partial charge in [-0.05, 0) is 58.7 Å². The molecule has 4 rings (SSSR count). The molecule has 0 aliphatic heterocycles. The zero-order valence-electron chi connectivity index (χ0n) is 14.1. The molecule has 1 amide bonds. The highest BCUT2D eigenvalue weighted by Crippen LogP contribution is 2.25. The van der Waals surface area contributed by atoms with Crippen LogP contribution in [-0.4, -0.2) is 31.8 Å². The van der Waals surface area contributed by atoms with Gasteiger partial charge in [0.2, 0.25) is 11.1 Å². The number of rotatable bonds is 4. The largest absolute Gasteiger partial charge is 0.338 e. The molecule has 136 valence electrons. The first-order valence-electron chi connectivity index (χ1n) is 8.00. The number of fused-ring (bicyclic) bond motifs is 3. The smallest absolute Gasteiger partial charge is 0.234 e. The number of anilines is 1. The second-order valence-corrected chi connectivity index (χ2v) is 7.72. The van der Waals surface area contributed by atoms with Gasteiger partial charge in [-0.1, -0.05) is 17.8 Å². The van der Waals surface area contributed by atoms with Gasteiger partial charge in [-0.2, -0.15) is 0 Å². The Labute approximate surface area is 166 Å². The highest BCUT2D eigenvalue weighted by molar-refractivity contribution is 9.10. The van der Waals surface area contributed by atoms with Crippen LogP contribution in [0.5, 0.6) is 0 Å². The predicted molar refractivity (Wildman–Crippen MR) is 107 cm³/mol. The molecule has 0 unspecified atom stereocenters. The topological polar surface area (TPSA) is 83.6 Å². The second-order valence-electron chi connectivity index (χ2n) is 5.93. The number of thioether (sulfide) groups is 1. The zero-order chi connectivity index (χ0) is 19.0. The number of H-pyrrole nitrogens is 1. The number of hydrogen-bond donors (Lipinski definition) is 2. The first kappa shape index (κ1) is 17.9. The molecule has 0 saturated heterocycles. The standard InChI is InChI=1S/C18H13BrFN5OS/c1-9-2-4-14(12(19)6-9)21-15(26)8-27-18-23-17-16(24-25-18)11-7-10(20)3-5-13(11)22-17/h2-7H,8H2,1H3,(H,21,26)(H,22,23,25). The van der Waals surface area contributed by atoms with Gasteiger partial charge < -0.3 is 10.3 Å². The van der Waals surface area contributed by atoms with Gasteiger partial charge in [0.15, 0.2) is 5.65 Å². The van der Waals surface area contributed by atoms with Crippen molar-refractivity contribution in [3.8, 4) is 0 Å². The molecule has 2 aromatic heterocycles. The summed E-state index contributed by atoms with van der Waals surface area (Å²) in [6.45, 7) is 1.98. The number of aromatic amines is 1. The summed E-state index contributed by atoms with van der Waals surface area (Å²) in [5.74, 6) is -0.378. The Kier molecular flexibility index (Phi) is 4.79. The van der Waals surface area contributed by atoms with Gasteiger partial charge in [0.05, 0.1) is 11.4 Å². The van der Waals surface area contributed by atoms with Crippen LogP contribution in [0.15, 0.2) is 46.0 Å². The lowest BCUT2D eigenvalue weighted by atomic mass is 10.2. The van der Waals surface area contributed by atoms with Crippen LogP contribution in [0.3, 0.4) is 0 Å². The van der Waals surface area contributed by atoms with Crippen molar-refractivity contribution in [2.75, 3.05) is 11.1 Å². The molecule has 2 N–H and O–H groups in total. The first-order chi connectivity index (χ1) is 13.0. The molecule has 0 spiro atoms. The number of carbonyl (C=O) groups excluding carboxylic acids is 1. The van der Waals surface area contributed by atoms with Gasteiger partial charge >= 0.3 is 0 Å². The molecule has 4 aromatic rings. The van der Waals surface area contributed by atoms with E-state index in [0.717, 1.165) is 15.6 Å². The van der Waals surface area contributed by atoms with Crippen LogP contribution >= 0.6 is 27.7 Å². The molecule has 0 fully saturated rings. The Morgan fingerprint density at radius 3 is 2.93 bits per heavy atom. The van der Waals surface area contributed by atoms with E-state index in [1.54, 1.807) is 6.07 Å². The van der Waals surface area contributed by atoms with E-state index in [1.807, 2.05) is 25.1 Å². The highest BCUT2D eigenvalue weighted by atomic mass is 79.9. The summed E-state index contributed by atoms with van der Waals surface area (Å²) in [6.07, 6.45) is 0. The Morgan fingerprint density at radius 2 is 2.11 bits per heavy atom.